The molecule has 7 nitrogen and oxygen atoms in total. The monoisotopic (exact) mass is 290 g/mol. The van der Waals surface area contributed by atoms with Crippen molar-refractivity contribution < 1.29 is 9.90 Å². The Balaban J connectivity index is 2.32. The molecule has 1 aromatic heterocycles. The summed E-state index contributed by atoms with van der Waals surface area (Å²) in [6.45, 7) is 1.66. The van der Waals surface area contributed by atoms with Crippen LogP contribution in [0.3, 0.4) is 0 Å². The quantitative estimate of drug-likeness (QED) is 0.596. The fraction of sp³-hybridized carbons (Fsp3) is 0.0833. The van der Waals surface area contributed by atoms with Gasteiger partial charge in [0.15, 0.2) is 10.5 Å². The first-order chi connectivity index (χ1) is 9.47. The van der Waals surface area contributed by atoms with Crippen molar-refractivity contribution in [3.05, 3.63) is 50.6 Å². The molecule has 1 heterocycles. The topological polar surface area (TPSA) is 111 Å². The molecule has 0 radical (unpaired) electrons. The van der Waals surface area contributed by atoms with Crippen LogP contribution in [0.2, 0.25) is 0 Å². The molecule has 3 N–H and O–H groups in total. The summed E-state index contributed by atoms with van der Waals surface area (Å²) in [7, 11) is 0. The molecule has 0 amide bonds. The molecule has 8 heteroatoms. The molecule has 0 saturated heterocycles. The van der Waals surface area contributed by atoms with E-state index in [1.165, 1.54) is 24.3 Å². The van der Waals surface area contributed by atoms with Crippen molar-refractivity contribution in [2.45, 2.75) is 6.92 Å². The minimum Gasteiger partial charge on any atom is -0.478 e. The lowest BCUT2D eigenvalue weighted by molar-refractivity contribution is 0.0697. The maximum atomic E-state index is 11.7. The summed E-state index contributed by atoms with van der Waals surface area (Å²) in [5.41, 5.74) is 0.792. The van der Waals surface area contributed by atoms with Gasteiger partial charge in [-0.05, 0) is 43.4 Å². The SMILES string of the molecule is Cc1[nH]c(=S)[nH]c(=O)c1N=Nc1ccc(C(=O)O)cc1. The van der Waals surface area contributed by atoms with E-state index in [0.717, 1.165) is 0 Å². The predicted octanol–water partition coefficient (Wildman–Crippen LogP) is 2.85. The van der Waals surface area contributed by atoms with Crippen molar-refractivity contribution >= 4 is 29.6 Å². The maximum Gasteiger partial charge on any atom is 0.335 e. The predicted molar refractivity (Wildman–Crippen MR) is 74.6 cm³/mol. The van der Waals surface area contributed by atoms with Gasteiger partial charge in [0.25, 0.3) is 5.56 Å². The normalized spacial score (nSPS) is 10.8. The second kappa shape index (κ2) is 5.57. The van der Waals surface area contributed by atoms with Crippen LogP contribution in [0.5, 0.6) is 0 Å². The van der Waals surface area contributed by atoms with Crippen LogP contribution < -0.4 is 5.56 Å². The second-order valence-corrected chi connectivity index (χ2v) is 4.34. The number of rotatable bonds is 3. The number of H-pyrrole nitrogens is 2. The number of nitrogens with zero attached hydrogens (tertiary/aromatic N) is 2. The highest BCUT2D eigenvalue weighted by Gasteiger charge is 2.04. The molecule has 0 aliphatic rings. The molecule has 0 spiro atoms. The van der Waals surface area contributed by atoms with Crippen molar-refractivity contribution in [3.63, 3.8) is 0 Å². The third-order valence-corrected chi connectivity index (χ3v) is 2.68. The van der Waals surface area contributed by atoms with Gasteiger partial charge in [0.1, 0.15) is 0 Å². The summed E-state index contributed by atoms with van der Waals surface area (Å²) in [6, 6.07) is 5.82. The molecule has 0 atom stereocenters. The summed E-state index contributed by atoms with van der Waals surface area (Å²) in [6.07, 6.45) is 0. The molecule has 0 fully saturated rings. The number of carbonyl (C=O) groups is 1. The van der Waals surface area contributed by atoms with Crippen LogP contribution in [0.15, 0.2) is 39.3 Å². The molecule has 0 saturated carbocycles. The Labute approximate surface area is 118 Å². The van der Waals surface area contributed by atoms with Crippen LogP contribution in [0.1, 0.15) is 16.1 Å². The number of aromatic nitrogens is 2. The van der Waals surface area contributed by atoms with Gasteiger partial charge in [0.05, 0.1) is 11.3 Å². The largest absolute Gasteiger partial charge is 0.478 e. The van der Waals surface area contributed by atoms with E-state index in [1.54, 1.807) is 6.92 Å². The molecule has 2 rings (SSSR count). The summed E-state index contributed by atoms with van der Waals surface area (Å²) in [4.78, 5) is 27.5. The van der Waals surface area contributed by atoms with Gasteiger partial charge >= 0.3 is 5.97 Å². The first kappa shape index (κ1) is 13.8. The maximum absolute atomic E-state index is 11.7. The van der Waals surface area contributed by atoms with Gasteiger partial charge in [-0.15, -0.1) is 5.11 Å². The van der Waals surface area contributed by atoms with Crippen LogP contribution in [0, 0.1) is 11.7 Å². The molecular formula is C12H10N4O3S. The fourth-order valence-electron chi connectivity index (χ4n) is 1.49. The number of azo groups is 1. The molecule has 102 valence electrons. The van der Waals surface area contributed by atoms with Gasteiger partial charge in [-0.1, -0.05) is 0 Å². The number of aryl methyl sites for hydroxylation is 1. The zero-order valence-corrected chi connectivity index (χ0v) is 11.2. The third-order valence-electron chi connectivity index (χ3n) is 2.48. The number of carboxylic acid groups (broad SMARTS) is 1. The van der Waals surface area contributed by atoms with Crippen LogP contribution >= 0.6 is 12.2 Å². The number of aromatic amines is 2. The van der Waals surface area contributed by atoms with E-state index in [0.29, 0.717) is 11.4 Å². The number of aromatic carboxylic acids is 1. The summed E-state index contributed by atoms with van der Waals surface area (Å²) < 4.78 is 0.220. The highest BCUT2D eigenvalue weighted by molar-refractivity contribution is 7.71. The van der Waals surface area contributed by atoms with Gasteiger partial charge in [0.2, 0.25) is 0 Å². The van der Waals surface area contributed by atoms with E-state index in [4.69, 9.17) is 17.3 Å². The minimum atomic E-state index is -1.02. The van der Waals surface area contributed by atoms with Gasteiger partial charge in [0, 0.05) is 5.69 Å². The number of nitrogens with one attached hydrogen (secondary N) is 2. The van der Waals surface area contributed by atoms with Gasteiger partial charge in [-0.25, -0.2) is 4.79 Å². The van der Waals surface area contributed by atoms with Crippen molar-refractivity contribution in [1.29, 1.82) is 0 Å². The first-order valence-electron chi connectivity index (χ1n) is 5.55. The van der Waals surface area contributed by atoms with Gasteiger partial charge < -0.3 is 10.1 Å². The van der Waals surface area contributed by atoms with E-state index in [-0.39, 0.29) is 16.0 Å². The first-order valence-corrected chi connectivity index (χ1v) is 5.96. The summed E-state index contributed by atoms with van der Waals surface area (Å²) in [5.74, 6) is -1.02. The Kier molecular flexibility index (Phi) is 3.85. The van der Waals surface area contributed by atoms with Crippen molar-refractivity contribution in [1.82, 2.24) is 9.97 Å². The lowest BCUT2D eigenvalue weighted by Crippen LogP contribution is -2.08. The Bertz CT molecular complexity index is 790. The fourth-order valence-corrected chi connectivity index (χ4v) is 1.74. The van der Waals surface area contributed by atoms with Crippen molar-refractivity contribution in [2.75, 3.05) is 0 Å². The van der Waals surface area contributed by atoms with Crippen molar-refractivity contribution in [2.24, 2.45) is 10.2 Å². The lowest BCUT2D eigenvalue weighted by atomic mass is 10.2. The number of hydrogen-bond donors (Lipinski definition) is 3. The third kappa shape index (κ3) is 3.04. The zero-order chi connectivity index (χ0) is 14.7. The second-order valence-electron chi connectivity index (χ2n) is 3.93. The Morgan fingerprint density at radius 3 is 2.40 bits per heavy atom. The van der Waals surface area contributed by atoms with E-state index >= 15 is 0 Å². The smallest absolute Gasteiger partial charge is 0.335 e. The average molecular weight is 290 g/mol. The van der Waals surface area contributed by atoms with E-state index < -0.39 is 11.5 Å². The standard InChI is InChI=1S/C12H10N4O3S/c1-6-9(10(17)14-12(20)13-6)16-15-8-4-2-7(3-5-8)11(18)19/h2-5H,1H3,(H,18,19)(H2,13,14,17,20). The van der Waals surface area contributed by atoms with E-state index in [9.17, 15) is 9.59 Å². The molecule has 0 aliphatic heterocycles. The number of benzene rings is 1. The Morgan fingerprint density at radius 1 is 1.20 bits per heavy atom. The zero-order valence-electron chi connectivity index (χ0n) is 10.4. The number of carboxylic acids is 1. The van der Waals surface area contributed by atoms with Crippen LogP contribution in [0.25, 0.3) is 0 Å². The molecule has 2 aromatic rings. The molecule has 0 unspecified atom stereocenters. The Hall–Kier alpha value is -2.61. The van der Waals surface area contributed by atoms with Crippen molar-refractivity contribution in [3.8, 4) is 0 Å². The number of hydrogen-bond acceptors (Lipinski definition) is 5. The van der Waals surface area contributed by atoms with Gasteiger partial charge in [-0.3, -0.25) is 9.78 Å². The molecule has 0 aliphatic carbocycles. The van der Waals surface area contributed by atoms with Crippen LogP contribution in [-0.4, -0.2) is 21.0 Å². The molecular weight excluding hydrogens is 280 g/mol. The molecule has 20 heavy (non-hydrogen) atoms. The molecule has 1 aromatic carbocycles. The highest BCUT2D eigenvalue weighted by Crippen LogP contribution is 2.17. The van der Waals surface area contributed by atoms with Crippen LogP contribution in [-0.2, 0) is 0 Å². The van der Waals surface area contributed by atoms with Crippen LogP contribution in [0.4, 0.5) is 11.4 Å². The van der Waals surface area contributed by atoms with E-state index in [2.05, 4.69) is 20.2 Å². The lowest BCUT2D eigenvalue weighted by Gasteiger charge is -1.98. The summed E-state index contributed by atoms with van der Waals surface area (Å²) in [5, 5.41) is 16.5. The minimum absolute atomic E-state index is 0.126. The average Bonchev–Trinajstić information content (AvgIpc) is 2.38. The molecule has 0 bridgehead atoms. The Morgan fingerprint density at radius 2 is 1.85 bits per heavy atom. The van der Waals surface area contributed by atoms with Gasteiger partial charge in [-0.2, -0.15) is 5.11 Å². The summed E-state index contributed by atoms with van der Waals surface area (Å²) >= 11 is 4.82. The highest BCUT2D eigenvalue weighted by atomic mass is 32.1. The van der Waals surface area contributed by atoms with E-state index in [1.807, 2.05) is 0 Å².